The van der Waals surface area contributed by atoms with Crippen LogP contribution in [0, 0.1) is 0 Å². The smallest absolute Gasteiger partial charge is 0.414 e. The summed E-state index contributed by atoms with van der Waals surface area (Å²) in [5.41, 5.74) is 3.19. The third-order valence-electron chi connectivity index (χ3n) is 4.46. The van der Waals surface area contributed by atoms with Gasteiger partial charge in [-0.25, -0.2) is 14.6 Å². The van der Waals surface area contributed by atoms with E-state index >= 15 is 0 Å². The summed E-state index contributed by atoms with van der Waals surface area (Å²) >= 11 is 0. The van der Waals surface area contributed by atoms with Gasteiger partial charge in [-0.15, -0.1) is 0 Å². The Morgan fingerprint density at radius 3 is 2.15 bits per heavy atom. The first-order chi connectivity index (χ1) is 16.3. The molecule has 0 aliphatic carbocycles. The van der Waals surface area contributed by atoms with Crippen molar-refractivity contribution in [1.82, 2.24) is 14.9 Å². The second kappa shape index (κ2) is 13.3. The predicted octanol–water partition coefficient (Wildman–Crippen LogP) is 3.12. The lowest BCUT2D eigenvalue weighted by atomic mass is 10.1. The predicted molar refractivity (Wildman–Crippen MR) is 128 cm³/mol. The van der Waals surface area contributed by atoms with E-state index in [-0.39, 0.29) is 5.91 Å². The monoisotopic (exact) mass is 465 g/mol. The Morgan fingerprint density at radius 2 is 1.50 bits per heavy atom. The molecule has 3 aromatic rings. The summed E-state index contributed by atoms with van der Waals surface area (Å²) in [5, 5.41) is 21.1. The van der Waals surface area contributed by atoms with Crippen molar-refractivity contribution < 1.29 is 24.6 Å². The molecule has 0 unspecified atom stereocenters. The van der Waals surface area contributed by atoms with Crippen LogP contribution in [0.2, 0.25) is 0 Å². The summed E-state index contributed by atoms with van der Waals surface area (Å²) in [6, 6.07) is 17.0. The molecule has 0 saturated heterocycles. The third-order valence-corrected chi connectivity index (χ3v) is 4.46. The average molecular weight is 466 g/mol. The Kier molecular flexibility index (Phi) is 10.1. The Hall–Kier alpha value is -4.31. The van der Waals surface area contributed by atoms with E-state index in [1.807, 2.05) is 24.3 Å². The summed E-state index contributed by atoms with van der Waals surface area (Å²) in [6.07, 6.45) is 5.33. The summed E-state index contributed by atoms with van der Waals surface area (Å²) in [4.78, 5) is 41.3. The number of carboxylic acids is 2. The Bertz CT molecular complexity index is 1090. The molecule has 1 aromatic carbocycles. The van der Waals surface area contributed by atoms with Gasteiger partial charge in [0.1, 0.15) is 5.69 Å². The Labute approximate surface area is 197 Å². The van der Waals surface area contributed by atoms with Crippen molar-refractivity contribution in [3.63, 3.8) is 0 Å². The van der Waals surface area contributed by atoms with Gasteiger partial charge in [-0.3, -0.25) is 9.78 Å². The maximum Gasteiger partial charge on any atom is 0.414 e. The molecule has 0 saturated carbocycles. The van der Waals surface area contributed by atoms with Crippen LogP contribution in [0.25, 0.3) is 0 Å². The molecule has 0 atom stereocenters. The number of hydrogen-bond acceptors (Lipinski definition) is 7. The lowest BCUT2D eigenvalue weighted by molar-refractivity contribution is -0.159. The van der Waals surface area contributed by atoms with Crippen molar-refractivity contribution in [2.75, 3.05) is 31.3 Å². The summed E-state index contributed by atoms with van der Waals surface area (Å²) < 4.78 is 0. The molecule has 0 spiro atoms. The molecule has 34 heavy (non-hydrogen) atoms. The van der Waals surface area contributed by atoms with Crippen LogP contribution in [0.3, 0.4) is 0 Å². The second-order valence-electron chi connectivity index (χ2n) is 7.37. The molecule has 0 bridgehead atoms. The molecular weight excluding hydrogens is 438 g/mol. The van der Waals surface area contributed by atoms with Crippen molar-refractivity contribution in [3.05, 3.63) is 78.2 Å². The van der Waals surface area contributed by atoms with Crippen molar-refractivity contribution in [1.29, 1.82) is 0 Å². The quantitative estimate of drug-likeness (QED) is 0.369. The fraction of sp³-hybridized carbons (Fsp3) is 0.208. The van der Waals surface area contributed by atoms with E-state index in [9.17, 15) is 4.79 Å². The van der Waals surface area contributed by atoms with Gasteiger partial charge in [0.15, 0.2) is 5.82 Å². The number of rotatable bonds is 8. The number of hydrogen-bond donors (Lipinski definition) is 4. The summed E-state index contributed by atoms with van der Waals surface area (Å²) in [6.45, 7) is 1.03. The number of aliphatic carboxylic acids is 2. The number of aromatic nitrogens is 2. The number of carbonyl (C=O) groups is 3. The van der Waals surface area contributed by atoms with Crippen LogP contribution < -0.4 is 10.6 Å². The first-order valence-electron chi connectivity index (χ1n) is 10.4. The summed E-state index contributed by atoms with van der Waals surface area (Å²) in [5.74, 6) is -3.31. The normalized spacial score (nSPS) is 10.1. The van der Waals surface area contributed by atoms with E-state index in [0.29, 0.717) is 17.2 Å². The standard InChI is InChI=1S/C22H25N5O.C2H2O4/c1-27(2)16-8-10-17-9-3-4-11-18(17)25-21-19(13-7-15-24-21)26-22(28)20-12-5-6-14-23-20;3-1(4)2(5)6/h3-7,9,11-15H,8,10,16H2,1-2H3,(H,24,25)(H,26,28);(H,3,4)(H,5,6). The van der Waals surface area contributed by atoms with E-state index in [4.69, 9.17) is 19.8 Å². The molecule has 0 aliphatic heterocycles. The van der Waals surface area contributed by atoms with Crippen LogP contribution in [0.1, 0.15) is 22.5 Å². The number of aryl methyl sites for hydroxylation is 1. The molecule has 2 heterocycles. The topological polar surface area (TPSA) is 145 Å². The minimum Gasteiger partial charge on any atom is -0.473 e. The fourth-order valence-electron chi connectivity index (χ4n) is 2.86. The lowest BCUT2D eigenvalue weighted by Gasteiger charge is -2.15. The minimum atomic E-state index is -1.82. The third kappa shape index (κ3) is 8.67. The fourth-order valence-corrected chi connectivity index (χ4v) is 2.86. The van der Waals surface area contributed by atoms with Crippen molar-refractivity contribution in [2.24, 2.45) is 0 Å². The Morgan fingerprint density at radius 1 is 0.853 bits per heavy atom. The Balaban J connectivity index is 0.000000604. The first-order valence-corrected chi connectivity index (χ1v) is 10.4. The number of amides is 1. The van der Waals surface area contributed by atoms with E-state index in [0.717, 1.165) is 25.1 Å². The molecule has 10 nitrogen and oxygen atoms in total. The molecule has 178 valence electrons. The van der Waals surface area contributed by atoms with Gasteiger partial charge < -0.3 is 25.7 Å². The highest BCUT2D eigenvalue weighted by Gasteiger charge is 2.12. The molecule has 10 heteroatoms. The largest absolute Gasteiger partial charge is 0.473 e. The van der Waals surface area contributed by atoms with Gasteiger partial charge in [-0.1, -0.05) is 24.3 Å². The molecule has 0 fully saturated rings. The maximum absolute atomic E-state index is 12.5. The minimum absolute atomic E-state index is 0.268. The molecule has 4 N–H and O–H groups in total. The number of carboxylic acid groups (broad SMARTS) is 2. The number of benzene rings is 1. The molecular formula is C24H27N5O5. The summed E-state index contributed by atoms with van der Waals surface area (Å²) in [7, 11) is 4.16. The van der Waals surface area contributed by atoms with Gasteiger partial charge >= 0.3 is 11.9 Å². The maximum atomic E-state index is 12.5. The second-order valence-corrected chi connectivity index (χ2v) is 7.37. The van der Waals surface area contributed by atoms with Crippen molar-refractivity contribution in [3.8, 4) is 0 Å². The van der Waals surface area contributed by atoms with Crippen LogP contribution in [-0.2, 0) is 16.0 Å². The SMILES string of the molecule is CN(C)CCCc1ccccc1Nc1ncccc1NC(=O)c1ccccn1.O=C(O)C(=O)O. The van der Waals surface area contributed by atoms with Crippen LogP contribution in [0.5, 0.6) is 0 Å². The zero-order valence-corrected chi connectivity index (χ0v) is 18.9. The molecule has 1 amide bonds. The van der Waals surface area contributed by atoms with E-state index in [1.165, 1.54) is 5.56 Å². The van der Waals surface area contributed by atoms with E-state index in [1.54, 1.807) is 36.7 Å². The first kappa shape index (κ1) is 25.9. The van der Waals surface area contributed by atoms with Crippen LogP contribution in [-0.4, -0.2) is 63.6 Å². The van der Waals surface area contributed by atoms with Crippen LogP contribution in [0.15, 0.2) is 67.0 Å². The van der Waals surface area contributed by atoms with Crippen LogP contribution >= 0.6 is 0 Å². The lowest BCUT2D eigenvalue weighted by Crippen LogP contribution is -2.15. The average Bonchev–Trinajstić information content (AvgIpc) is 2.82. The highest BCUT2D eigenvalue weighted by atomic mass is 16.4. The van der Waals surface area contributed by atoms with Gasteiger partial charge in [0.25, 0.3) is 5.91 Å². The van der Waals surface area contributed by atoms with Gasteiger partial charge in [0, 0.05) is 18.1 Å². The zero-order chi connectivity index (χ0) is 24.9. The number of nitrogens with zero attached hydrogens (tertiary/aromatic N) is 3. The van der Waals surface area contributed by atoms with Crippen molar-refractivity contribution >= 4 is 35.0 Å². The van der Waals surface area contributed by atoms with Gasteiger partial charge in [-0.2, -0.15) is 0 Å². The van der Waals surface area contributed by atoms with Gasteiger partial charge in [0.05, 0.1) is 5.69 Å². The number of nitrogens with one attached hydrogen (secondary N) is 2. The molecule has 0 aliphatic rings. The van der Waals surface area contributed by atoms with E-state index in [2.05, 4.69) is 45.7 Å². The van der Waals surface area contributed by atoms with Gasteiger partial charge in [0.2, 0.25) is 0 Å². The van der Waals surface area contributed by atoms with E-state index < -0.39 is 11.9 Å². The highest BCUT2D eigenvalue weighted by molar-refractivity contribution is 6.27. The number of carbonyl (C=O) groups excluding carboxylic acids is 1. The van der Waals surface area contributed by atoms with Crippen molar-refractivity contribution in [2.45, 2.75) is 12.8 Å². The van der Waals surface area contributed by atoms with Gasteiger partial charge in [-0.05, 0) is 69.4 Å². The van der Waals surface area contributed by atoms with Crippen LogP contribution in [0.4, 0.5) is 17.2 Å². The zero-order valence-electron chi connectivity index (χ0n) is 18.9. The number of pyridine rings is 2. The highest BCUT2D eigenvalue weighted by Crippen LogP contribution is 2.26. The molecule has 2 aromatic heterocycles. The molecule has 3 rings (SSSR count). The molecule has 0 radical (unpaired) electrons. The number of para-hydroxylation sites is 1. The number of anilines is 3.